The number of carbonyl (C=O) groups excluding carboxylic acids is 2. The molecule has 1 aliphatic rings. The van der Waals surface area contributed by atoms with Crippen molar-refractivity contribution in [2.75, 3.05) is 39.2 Å². The van der Waals surface area contributed by atoms with Crippen LogP contribution in [0.5, 0.6) is 5.88 Å². The zero-order valence-corrected chi connectivity index (χ0v) is 24.1. The van der Waals surface area contributed by atoms with Crippen LogP contribution in [0.3, 0.4) is 0 Å². The molecule has 15 heteroatoms. The van der Waals surface area contributed by atoms with Crippen LogP contribution in [0.4, 0.5) is 19.4 Å². The fraction of sp³-hybridized carbons (Fsp3) is 0.276. The van der Waals surface area contributed by atoms with Crippen LogP contribution in [0.2, 0.25) is 0 Å². The number of amides is 3. The predicted octanol–water partition coefficient (Wildman–Crippen LogP) is 3.15. The highest BCUT2D eigenvalue weighted by atomic mass is 19.1. The minimum Gasteiger partial charge on any atom is -0.480 e. The number of ether oxygens (including phenoxy) is 2. The molecule has 0 unspecified atom stereocenters. The van der Waals surface area contributed by atoms with Gasteiger partial charge < -0.3 is 20.5 Å². The number of hydroxylamine groups is 2. The summed E-state index contributed by atoms with van der Waals surface area (Å²) in [6.45, 7) is 2.82. The van der Waals surface area contributed by atoms with Crippen molar-refractivity contribution < 1.29 is 32.7 Å². The van der Waals surface area contributed by atoms with Crippen molar-refractivity contribution in [3.8, 4) is 22.8 Å². The first-order valence-electron chi connectivity index (χ1n) is 13.5. The number of urea groups is 1. The molecule has 0 radical (unpaired) electrons. The van der Waals surface area contributed by atoms with Crippen LogP contribution in [-0.4, -0.2) is 76.7 Å². The smallest absolute Gasteiger partial charge is 0.320 e. The summed E-state index contributed by atoms with van der Waals surface area (Å²) in [5, 5.41) is 12.1. The molecule has 1 fully saturated rings. The second-order valence-corrected chi connectivity index (χ2v) is 9.88. The number of hydrogen-bond donors (Lipinski definition) is 3. The Morgan fingerprint density at radius 1 is 1.14 bits per heavy atom. The molecule has 3 aromatic heterocycles. The van der Waals surface area contributed by atoms with E-state index in [4.69, 9.17) is 20.0 Å². The lowest BCUT2D eigenvalue weighted by molar-refractivity contribution is -0.154. The van der Waals surface area contributed by atoms with Crippen molar-refractivity contribution in [2.24, 2.45) is 5.73 Å². The van der Waals surface area contributed by atoms with Crippen LogP contribution < -0.4 is 21.1 Å². The first-order chi connectivity index (χ1) is 21.2. The Bertz CT molecular complexity index is 1670. The lowest BCUT2D eigenvalue weighted by atomic mass is 10.0. The average Bonchev–Trinajstić information content (AvgIpc) is 3.56. The Kier molecular flexibility index (Phi) is 9.08. The molecule has 0 bridgehead atoms. The van der Waals surface area contributed by atoms with Gasteiger partial charge in [-0.15, -0.1) is 0 Å². The number of nitrogens with zero attached hydrogens (tertiary/aromatic N) is 5. The summed E-state index contributed by atoms with van der Waals surface area (Å²) in [4.78, 5) is 39.3. The van der Waals surface area contributed by atoms with Crippen molar-refractivity contribution in [1.29, 1.82) is 0 Å². The Labute approximate surface area is 250 Å². The third-order valence-electron chi connectivity index (χ3n) is 6.98. The summed E-state index contributed by atoms with van der Waals surface area (Å²) >= 11 is 0. The van der Waals surface area contributed by atoms with Crippen LogP contribution in [0.25, 0.3) is 16.9 Å². The summed E-state index contributed by atoms with van der Waals surface area (Å²) in [6.07, 6.45) is 2.08. The van der Waals surface area contributed by atoms with Gasteiger partial charge in [0.25, 0.3) is 5.91 Å². The van der Waals surface area contributed by atoms with Gasteiger partial charge in [0.2, 0.25) is 11.8 Å². The molecule has 0 aliphatic carbocycles. The van der Waals surface area contributed by atoms with E-state index in [1.54, 1.807) is 25.2 Å². The number of halogens is 2. The van der Waals surface area contributed by atoms with E-state index in [2.05, 4.69) is 25.7 Å². The van der Waals surface area contributed by atoms with Crippen molar-refractivity contribution in [2.45, 2.75) is 19.1 Å². The van der Waals surface area contributed by atoms with Gasteiger partial charge in [0.15, 0.2) is 0 Å². The average molecular weight is 609 g/mol. The van der Waals surface area contributed by atoms with E-state index < -0.39 is 35.8 Å². The van der Waals surface area contributed by atoms with Gasteiger partial charge in [-0.3, -0.25) is 14.9 Å². The molecule has 4 heterocycles. The second-order valence-electron chi connectivity index (χ2n) is 9.88. The van der Waals surface area contributed by atoms with Crippen molar-refractivity contribution in [3.05, 3.63) is 83.3 Å². The number of nitrogens with two attached hydrogens (primary N) is 1. The fourth-order valence-electron chi connectivity index (χ4n) is 4.86. The Balaban J connectivity index is 1.47. The summed E-state index contributed by atoms with van der Waals surface area (Å²) in [6, 6.07) is 8.70. The van der Waals surface area contributed by atoms with Crippen LogP contribution in [-0.2, 0) is 9.57 Å². The number of carbonyl (C=O) groups is 2. The van der Waals surface area contributed by atoms with Crippen LogP contribution in [0.15, 0.2) is 54.9 Å². The monoisotopic (exact) mass is 608 g/mol. The number of hydrogen-bond acceptors (Lipinski definition) is 9. The maximum absolute atomic E-state index is 14.0. The number of anilines is 1. The van der Waals surface area contributed by atoms with Crippen molar-refractivity contribution >= 4 is 17.8 Å². The van der Waals surface area contributed by atoms with E-state index in [1.165, 1.54) is 60.6 Å². The molecular formula is C29H30F2N8O5. The van der Waals surface area contributed by atoms with Gasteiger partial charge in [-0.2, -0.15) is 14.6 Å². The molecular weight excluding hydrogens is 578 g/mol. The highest BCUT2D eigenvalue weighted by Gasteiger charge is 2.37. The highest BCUT2D eigenvalue weighted by molar-refractivity contribution is 5.96. The zero-order valence-electron chi connectivity index (χ0n) is 24.1. The number of primary amides is 1. The number of rotatable bonds is 10. The predicted molar refractivity (Wildman–Crippen MR) is 154 cm³/mol. The summed E-state index contributed by atoms with van der Waals surface area (Å²) < 4.78 is 39.4. The van der Waals surface area contributed by atoms with Crippen LogP contribution >= 0.6 is 0 Å². The molecule has 1 aromatic carbocycles. The van der Waals surface area contributed by atoms with Gasteiger partial charge in [-0.05, 0) is 55.0 Å². The van der Waals surface area contributed by atoms with E-state index in [0.29, 0.717) is 47.8 Å². The molecule has 4 N–H and O–H groups in total. The number of nitrogens with one attached hydrogen (secondary N) is 2. The SMILES string of the molecule is COCCN1C[C@@H](NC(=O)Nc2c(C)c(-c3cnc(OC)c(C(N)=O)c3)nn2-c2ccc(F)cc2)[C@H](c2ccnc(F)c2)O1. The molecule has 2 atom stereocenters. The normalized spacial score (nSPS) is 16.6. The van der Waals surface area contributed by atoms with Crippen LogP contribution in [0, 0.1) is 18.7 Å². The van der Waals surface area contributed by atoms with E-state index in [-0.39, 0.29) is 17.3 Å². The van der Waals surface area contributed by atoms with Gasteiger partial charge in [0, 0.05) is 43.7 Å². The maximum Gasteiger partial charge on any atom is 0.320 e. The lowest BCUT2D eigenvalue weighted by Gasteiger charge is -2.19. The van der Waals surface area contributed by atoms with Gasteiger partial charge >= 0.3 is 6.03 Å². The molecule has 3 amide bonds. The molecule has 4 aromatic rings. The van der Waals surface area contributed by atoms with E-state index in [0.717, 1.165) is 0 Å². The minimum atomic E-state index is -0.744. The van der Waals surface area contributed by atoms with Crippen molar-refractivity contribution in [1.82, 2.24) is 30.1 Å². The summed E-state index contributed by atoms with van der Waals surface area (Å²) in [7, 11) is 2.93. The first-order valence-corrected chi connectivity index (χ1v) is 13.5. The zero-order chi connectivity index (χ0) is 31.4. The quantitative estimate of drug-likeness (QED) is 0.230. The van der Waals surface area contributed by atoms with E-state index in [1.807, 2.05) is 0 Å². The highest BCUT2D eigenvalue weighted by Crippen LogP contribution is 2.33. The van der Waals surface area contributed by atoms with Crippen LogP contribution in [0.1, 0.15) is 27.6 Å². The number of pyridine rings is 2. The molecule has 0 spiro atoms. The Hall–Kier alpha value is -4.99. The second kappa shape index (κ2) is 13.1. The first kappa shape index (κ1) is 30.5. The van der Waals surface area contributed by atoms with Gasteiger partial charge in [0.1, 0.15) is 23.3 Å². The molecule has 230 valence electrons. The lowest BCUT2D eigenvalue weighted by Crippen LogP contribution is -2.42. The standard InChI is InChI=1S/C29H30F2N8O5/c1-16-24(18-12-21(26(32)40)28(43-3)34-14-18)37-39(20-6-4-19(30)5-7-20)27(16)36-29(41)35-22-15-38(10-11-42-2)44-25(22)17-8-9-33-23(31)13-17/h4-9,12-14,22,25H,10-11,15H2,1-3H3,(H2,32,40)(H2,35,36,41)/t22-,25+/m1/s1. The van der Waals surface area contributed by atoms with Crippen molar-refractivity contribution in [3.63, 3.8) is 0 Å². The third-order valence-corrected chi connectivity index (χ3v) is 6.98. The molecule has 1 saturated heterocycles. The topological polar surface area (TPSA) is 159 Å². The Morgan fingerprint density at radius 3 is 2.59 bits per heavy atom. The van der Waals surface area contributed by atoms with E-state index >= 15 is 0 Å². The summed E-state index contributed by atoms with van der Waals surface area (Å²) in [5.74, 6) is -1.55. The van der Waals surface area contributed by atoms with E-state index in [9.17, 15) is 18.4 Å². The molecule has 1 aliphatic heterocycles. The number of methoxy groups -OCH3 is 2. The van der Waals surface area contributed by atoms with Gasteiger partial charge in [-0.1, -0.05) is 0 Å². The maximum atomic E-state index is 14.0. The van der Waals surface area contributed by atoms with Gasteiger partial charge in [-0.25, -0.2) is 23.8 Å². The summed E-state index contributed by atoms with van der Waals surface area (Å²) in [5.41, 5.74) is 7.85. The molecule has 13 nitrogen and oxygen atoms in total. The van der Waals surface area contributed by atoms with Gasteiger partial charge in [0.05, 0.1) is 31.1 Å². The minimum absolute atomic E-state index is 0.0471. The number of benzene rings is 1. The fourth-order valence-corrected chi connectivity index (χ4v) is 4.86. The number of aromatic nitrogens is 4. The molecule has 0 saturated carbocycles. The molecule has 5 rings (SSSR count). The molecule has 44 heavy (non-hydrogen) atoms. The third kappa shape index (κ3) is 6.49. The largest absolute Gasteiger partial charge is 0.480 e. The Morgan fingerprint density at radius 2 is 1.91 bits per heavy atom.